The first kappa shape index (κ1) is 29.2. The summed E-state index contributed by atoms with van der Waals surface area (Å²) in [6.07, 6.45) is 7.94. The summed E-state index contributed by atoms with van der Waals surface area (Å²) in [5, 5.41) is 30.4. The van der Waals surface area contributed by atoms with Gasteiger partial charge in [-0.25, -0.2) is 9.59 Å². The van der Waals surface area contributed by atoms with E-state index in [2.05, 4.69) is 45.4 Å². The number of aromatic nitrogens is 2. The predicted molar refractivity (Wildman–Crippen MR) is 143 cm³/mol. The lowest BCUT2D eigenvalue weighted by molar-refractivity contribution is -0.384. The molecular weight excluding hydrogens is 504 g/mol. The molecule has 3 aromatic rings. The third-order valence-electron chi connectivity index (χ3n) is 6.38. The Kier molecular flexibility index (Phi) is 11.3. The van der Waals surface area contributed by atoms with Gasteiger partial charge >= 0.3 is 11.9 Å². The number of carbonyl (C=O) groups is 2. The van der Waals surface area contributed by atoms with Crippen LogP contribution in [0.25, 0.3) is 11.5 Å². The highest BCUT2D eigenvalue weighted by Gasteiger charge is 2.19. The highest BCUT2D eigenvalue weighted by molar-refractivity contribution is 5.89. The summed E-state index contributed by atoms with van der Waals surface area (Å²) in [5.41, 5.74) is 2.15. The number of nitrogens with zero attached hydrogens (tertiary/aromatic N) is 4. The molecule has 39 heavy (non-hydrogen) atoms. The summed E-state index contributed by atoms with van der Waals surface area (Å²) in [6, 6.07) is 16.9. The van der Waals surface area contributed by atoms with Crippen molar-refractivity contribution in [3.05, 3.63) is 88.3 Å². The summed E-state index contributed by atoms with van der Waals surface area (Å²) in [7, 11) is 0. The number of unbranched alkanes of at least 4 members (excludes halogenated alkanes) is 1. The smallest absolute Gasteiger partial charge is 0.328 e. The van der Waals surface area contributed by atoms with Gasteiger partial charge in [0, 0.05) is 42.8 Å². The van der Waals surface area contributed by atoms with Crippen LogP contribution in [-0.2, 0) is 22.6 Å². The molecule has 4 rings (SSSR count). The molecule has 2 aromatic carbocycles. The molecule has 2 N–H and O–H groups in total. The van der Waals surface area contributed by atoms with Crippen molar-refractivity contribution in [2.24, 2.45) is 5.92 Å². The molecule has 0 aliphatic carbocycles. The average Bonchev–Trinajstić information content (AvgIpc) is 3.41. The normalized spacial score (nSPS) is 14.1. The highest BCUT2D eigenvalue weighted by atomic mass is 16.6. The minimum atomic E-state index is -1.26. The number of nitro groups is 1. The van der Waals surface area contributed by atoms with Crippen molar-refractivity contribution in [2.75, 3.05) is 13.1 Å². The van der Waals surface area contributed by atoms with E-state index in [4.69, 9.17) is 14.7 Å². The number of piperidine rings is 1. The second-order valence-corrected chi connectivity index (χ2v) is 9.28. The molecule has 1 aromatic heterocycles. The number of hydrogen-bond donors (Lipinski definition) is 2. The first-order valence-corrected chi connectivity index (χ1v) is 12.8. The highest BCUT2D eigenvalue weighted by Crippen LogP contribution is 2.25. The average molecular weight is 537 g/mol. The Balaban J connectivity index is 0.000000459. The van der Waals surface area contributed by atoms with E-state index in [1.54, 1.807) is 12.1 Å². The Labute approximate surface area is 225 Å². The van der Waals surface area contributed by atoms with Crippen molar-refractivity contribution in [2.45, 2.75) is 45.1 Å². The minimum absolute atomic E-state index is 0.0504. The van der Waals surface area contributed by atoms with Gasteiger partial charge in [0.15, 0.2) is 5.82 Å². The van der Waals surface area contributed by atoms with Gasteiger partial charge in [0.25, 0.3) is 11.6 Å². The number of aliphatic carboxylic acids is 2. The summed E-state index contributed by atoms with van der Waals surface area (Å²) in [6.45, 7) is 3.43. The Morgan fingerprint density at radius 3 is 2.23 bits per heavy atom. The molecule has 0 saturated carbocycles. The molecule has 11 nitrogen and oxygen atoms in total. The molecule has 0 unspecified atom stereocenters. The number of rotatable bonds is 11. The molecule has 1 aliphatic heterocycles. The predicted octanol–water partition coefficient (Wildman–Crippen LogP) is 4.98. The Morgan fingerprint density at radius 2 is 1.64 bits per heavy atom. The van der Waals surface area contributed by atoms with E-state index >= 15 is 0 Å². The molecule has 206 valence electrons. The first-order chi connectivity index (χ1) is 18.8. The van der Waals surface area contributed by atoms with Crippen LogP contribution in [0.3, 0.4) is 0 Å². The Morgan fingerprint density at radius 1 is 1.00 bits per heavy atom. The minimum Gasteiger partial charge on any atom is -0.478 e. The zero-order valence-electron chi connectivity index (χ0n) is 21.5. The Hall–Kier alpha value is -4.38. The van der Waals surface area contributed by atoms with Crippen molar-refractivity contribution < 1.29 is 29.2 Å². The second-order valence-electron chi connectivity index (χ2n) is 9.28. The van der Waals surface area contributed by atoms with Crippen LogP contribution in [0.15, 0.2) is 71.3 Å². The van der Waals surface area contributed by atoms with Crippen molar-refractivity contribution in [3.8, 4) is 11.5 Å². The standard InChI is InChI=1S/C24H28N4O3.C4H4O4/c29-28(30)22-12-10-21(11-13-22)24-25-23(26-31-24)9-5-4-6-19-14-16-27(17-15-19)18-20-7-2-1-3-8-20;5-3(6)1-2-4(7)8/h1-3,7-8,10-13,19H,4-6,9,14-18H2;1-2H,(H,5,6)(H,7,8)/b;2-1+. The molecule has 2 heterocycles. The van der Waals surface area contributed by atoms with Gasteiger partial charge in [-0.1, -0.05) is 48.3 Å². The van der Waals surface area contributed by atoms with Gasteiger partial charge in [-0.05, 0) is 56.0 Å². The molecule has 0 atom stereocenters. The molecule has 11 heteroatoms. The van der Waals surface area contributed by atoms with Crippen LogP contribution in [0.4, 0.5) is 5.69 Å². The van der Waals surface area contributed by atoms with E-state index in [0.29, 0.717) is 29.4 Å². The molecule has 1 fully saturated rings. The zero-order chi connectivity index (χ0) is 28.0. The second kappa shape index (κ2) is 15.1. The van der Waals surface area contributed by atoms with Gasteiger partial charge in [-0.3, -0.25) is 15.0 Å². The zero-order valence-corrected chi connectivity index (χ0v) is 21.5. The molecule has 0 radical (unpaired) electrons. The topological polar surface area (TPSA) is 160 Å². The fourth-order valence-electron chi connectivity index (χ4n) is 4.33. The number of likely N-dealkylation sites (tertiary alicyclic amines) is 1. The van der Waals surface area contributed by atoms with Gasteiger partial charge in [0.1, 0.15) is 0 Å². The van der Waals surface area contributed by atoms with Crippen LogP contribution in [0, 0.1) is 16.0 Å². The number of carboxylic acids is 2. The number of benzene rings is 2. The summed E-state index contributed by atoms with van der Waals surface area (Å²) < 4.78 is 5.32. The lowest BCUT2D eigenvalue weighted by atomic mass is 9.91. The van der Waals surface area contributed by atoms with Crippen molar-refractivity contribution in [1.29, 1.82) is 0 Å². The fraction of sp³-hybridized carbons (Fsp3) is 0.357. The maximum absolute atomic E-state index is 10.8. The maximum atomic E-state index is 10.8. The van der Waals surface area contributed by atoms with Crippen LogP contribution in [0.2, 0.25) is 0 Å². The van der Waals surface area contributed by atoms with Crippen LogP contribution < -0.4 is 0 Å². The SMILES string of the molecule is O=C(O)/C=C/C(=O)O.O=[N+]([O-])c1ccc(-c2nc(CCCCC3CCN(Cc4ccccc4)CC3)no2)cc1. The van der Waals surface area contributed by atoms with Gasteiger partial charge in [-0.2, -0.15) is 4.98 Å². The third kappa shape index (κ3) is 10.5. The summed E-state index contributed by atoms with van der Waals surface area (Å²) >= 11 is 0. The van der Waals surface area contributed by atoms with Gasteiger partial charge in [0.05, 0.1) is 4.92 Å². The number of carboxylic acid groups (broad SMARTS) is 2. The molecule has 1 saturated heterocycles. The van der Waals surface area contributed by atoms with E-state index in [1.807, 2.05) is 0 Å². The van der Waals surface area contributed by atoms with Gasteiger partial charge in [0.2, 0.25) is 0 Å². The third-order valence-corrected chi connectivity index (χ3v) is 6.38. The van der Waals surface area contributed by atoms with Crippen LogP contribution in [0.5, 0.6) is 0 Å². The van der Waals surface area contributed by atoms with E-state index in [0.717, 1.165) is 25.3 Å². The summed E-state index contributed by atoms with van der Waals surface area (Å²) in [4.78, 5) is 36.4. The number of nitro benzene ring substituents is 1. The monoisotopic (exact) mass is 536 g/mol. The fourth-order valence-corrected chi connectivity index (χ4v) is 4.33. The van der Waals surface area contributed by atoms with Crippen molar-refractivity contribution in [3.63, 3.8) is 0 Å². The van der Waals surface area contributed by atoms with Crippen LogP contribution in [-0.4, -0.2) is 55.2 Å². The van der Waals surface area contributed by atoms with E-state index in [-0.39, 0.29) is 5.69 Å². The molecule has 0 amide bonds. The van der Waals surface area contributed by atoms with Crippen LogP contribution in [0.1, 0.15) is 43.5 Å². The number of hydrogen-bond acceptors (Lipinski definition) is 8. The number of non-ortho nitro benzene ring substituents is 1. The van der Waals surface area contributed by atoms with Crippen molar-refractivity contribution >= 4 is 17.6 Å². The van der Waals surface area contributed by atoms with Gasteiger partial charge < -0.3 is 14.7 Å². The molecular formula is C28H32N4O7. The first-order valence-electron chi connectivity index (χ1n) is 12.8. The lowest BCUT2D eigenvalue weighted by Crippen LogP contribution is -2.33. The largest absolute Gasteiger partial charge is 0.478 e. The molecule has 0 spiro atoms. The van der Waals surface area contributed by atoms with Crippen LogP contribution >= 0.6 is 0 Å². The lowest BCUT2D eigenvalue weighted by Gasteiger charge is -2.32. The summed E-state index contributed by atoms with van der Waals surface area (Å²) in [5.74, 6) is -0.588. The van der Waals surface area contributed by atoms with E-state index < -0.39 is 16.9 Å². The molecule has 0 bridgehead atoms. The number of aryl methyl sites for hydroxylation is 1. The quantitative estimate of drug-likeness (QED) is 0.148. The Bertz CT molecular complexity index is 1220. The maximum Gasteiger partial charge on any atom is 0.328 e. The van der Waals surface area contributed by atoms with E-state index in [9.17, 15) is 19.7 Å². The van der Waals surface area contributed by atoms with Crippen molar-refractivity contribution in [1.82, 2.24) is 15.0 Å². The van der Waals surface area contributed by atoms with Gasteiger partial charge in [-0.15, -0.1) is 0 Å². The van der Waals surface area contributed by atoms with E-state index in [1.165, 1.54) is 56.5 Å². The molecule has 1 aliphatic rings.